The largest absolute Gasteiger partial charge is 0.490 e. The molecule has 1 heterocycles. The van der Waals surface area contributed by atoms with Gasteiger partial charge in [-0.2, -0.15) is 13.2 Å². The van der Waals surface area contributed by atoms with Gasteiger partial charge in [0.15, 0.2) is 5.82 Å². The third-order valence-electron chi connectivity index (χ3n) is 5.69. The minimum Gasteiger partial charge on any atom is -0.475 e. The van der Waals surface area contributed by atoms with Gasteiger partial charge in [0, 0.05) is 5.41 Å². The summed E-state index contributed by atoms with van der Waals surface area (Å²) in [6.45, 7) is 2.13. The van der Waals surface area contributed by atoms with Crippen LogP contribution >= 0.6 is 11.8 Å². The number of alkyl halides is 3. The van der Waals surface area contributed by atoms with Crippen molar-refractivity contribution in [3.63, 3.8) is 0 Å². The van der Waals surface area contributed by atoms with E-state index in [2.05, 4.69) is 17.1 Å². The highest BCUT2D eigenvalue weighted by Gasteiger charge is 2.54. The second-order valence-electron chi connectivity index (χ2n) is 7.61. The first-order valence-electron chi connectivity index (χ1n) is 8.78. The first kappa shape index (κ1) is 19.3. The molecule has 1 aromatic heterocycles. The summed E-state index contributed by atoms with van der Waals surface area (Å²) in [7, 11) is 0. The number of nitrogens with two attached hydrogens (primary N) is 1. The first-order chi connectivity index (χ1) is 12.1. The van der Waals surface area contributed by atoms with Crippen molar-refractivity contribution in [2.24, 2.45) is 17.8 Å². The van der Waals surface area contributed by atoms with Gasteiger partial charge in [-0.05, 0) is 62.0 Å². The van der Waals surface area contributed by atoms with E-state index in [1.54, 1.807) is 16.4 Å². The minimum absolute atomic E-state index is 0.253. The number of carboxylic acids is 1. The lowest BCUT2D eigenvalue weighted by atomic mass is 9.49. The lowest BCUT2D eigenvalue weighted by molar-refractivity contribution is -0.192. The molecule has 0 atom stereocenters. The van der Waals surface area contributed by atoms with Gasteiger partial charge in [0.25, 0.3) is 0 Å². The maximum atomic E-state index is 10.6. The summed E-state index contributed by atoms with van der Waals surface area (Å²) in [5.41, 5.74) is 0.253. The Morgan fingerprint density at radius 2 is 1.69 bits per heavy atom. The van der Waals surface area contributed by atoms with E-state index in [9.17, 15) is 13.2 Å². The van der Waals surface area contributed by atoms with Crippen molar-refractivity contribution in [1.82, 2.24) is 14.9 Å². The van der Waals surface area contributed by atoms with Gasteiger partial charge in [-0.15, -0.1) is 10.2 Å². The minimum atomic E-state index is -5.08. The van der Waals surface area contributed by atoms with E-state index < -0.39 is 12.1 Å². The Morgan fingerprint density at radius 1 is 1.23 bits per heavy atom. The molecule has 146 valence electrons. The zero-order valence-electron chi connectivity index (χ0n) is 14.5. The van der Waals surface area contributed by atoms with E-state index >= 15 is 0 Å². The summed E-state index contributed by atoms with van der Waals surface area (Å²) >= 11 is 1.69. The summed E-state index contributed by atoms with van der Waals surface area (Å²) in [5, 5.41) is 16.8. The number of thioether (sulfide) groups is 1. The Bertz CT molecular complexity index is 642. The van der Waals surface area contributed by atoms with Gasteiger partial charge in [0.1, 0.15) is 0 Å². The highest BCUT2D eigenvalue weighted by molar-refractivity contribution is 7.99. The first-order valence-corrected chi connectivity index (χ1v) is 9.77. The molecule has 5 rings (SSSR count). The van der Waals surface area contributed by atoms with Crippen LogP contribution in [0.25, 0.3) is 0 Å². The molecule has 0 spiro atoms. The van der Waals surface area contributed by atoms with Crippen molar-refractivity contribution in [1.29, 1.82) is 0 Å². The molecule has 4 bridgehead atoms. The van der Waals surface area contributed by atoms with Crippen LogP contribution in [-0.2, 0) is 10.2 Å². The van der Waals surface area contributed by atoms with Crippen LogP contribution in [0.3, 0.4) is 0 Å². The summed E-state index contributed by atoms with van der Waals surface area (Å²) in [5.74, 6) is 8.36. The lowest BCUT2D eigenvalue weighted by Gasteiger charge is -2.55. The maximum absolute atomic E-state index is 10.6. The number of hydrogen-bond donors (Lipinski definition) is 2. The van der Waals surface area contributed by atoms with Crippen molar-refractivity contribution in [2.45, 2.75) is 62.2 Å². The predicted octanol–water partition coefficient (Wildman–Crippen LogP) is 3.21. The van der Waals surface area contributed by atoms with E-state index in [1.165, 1.54) is 38.5 Å². The van der Waals surface area contributed by atoms with E-state index in [1.807, 2.05) is 0 Å². The number of carbonyl (C=O) groups is 1. The van der Waals surface area contributed by atoms with Crippen molar-refractivity contribution in [3.8, 4) is 0 Å². The molecule has 0 aliphatic heterocycles. The normalized spacial score (nSPS) is 32.2. The monoisotopic (exact) mass is 392 g/mol. The second kappa shape index (κ2) is 6.94. The fourth-order valence-corrected chi connectivity index (χ4v) is 5.83. The molecule has 0 amide bonds. The van der Waals surface area contributed by atoms with Gasteiger partial charge in [0.05, 0.1) is 0 Å². The molecule has 26 heavy (non-hydrogen) atoms. The second-order valence-corrected chi connectivity index (χ2v) is 8.84. The Labute approximate surface area is 153 Å². The molecule has 0 saturated heterocycles. The topological polar surface area (TPSA) is 94.0 Å². The van der Waals surface area contributed by atoms with Crippen LogP contribution in [0.15, 0.2) is 5.16 Å². The number of halogens is 3. The van der Waals surface area contributed by atoms with Crippen molar-refractivity contribution >= 4 is 17.7 Å². The number of rotatable bonds is 3. The van der Waals surface area contributed by atoms with Crippen LogP contribution < -0.4 is 5.84 Å². The fourth-order valence-electron chi connectivity index (χ4n) is 5.25. The maximum Gasteiger partial charge on any atom is 0.490 e. The standard InChI is InChI=1S/C14H22N4S.C2HF3O2/c1-2-19-13-17-16-12(18(13)15)14-6-9-3-10(7-14)5-11(4-9)8-14;3-2(4,5)1(6)7/h9-11H,2-8,15H2,1H3;(H,6,7). The summed E-state index contributed by atoms with van der Waals surface area (Å²) in [6.07, 6.45) is 3.17. The van der Waals surface area contributed by atoms with Crippen molar-refractivity contribution < 1.29 is 23.1 Å². The number of nitrogen functional groups attached to an aromatic ring is 1. The summed E-state index contributed by atoms with van der Waals surface area (Å²) < 4.78 is 33.5. The molecule has 4 aliphatic rings. The molecule has 0 radical (unpaired) electrons. The molecule has 0 aromatic carbocycles. The molecule has 10 heteroatoms. The number of aliphatic carboxylic acids is 1. The molecule has 4 fully saturated rings. The Morgan fingerprint density at radius 3 is 2.08 bits per heavy atom. The Hall–Kier alpha value is -1.45. The van der Waals surface area contributed by atoms with Gasteiger partial charge in [-0.3, -0.25) is 0 Å². The number of aromatic nitrogens is 3. The van der Waals surface area contributed by atoms with Gasteiger partial charge in [0.2, 0.25) is 5.16 Å². The van der Waals surface area contributed by atoms with E-state index in [4.69, 9.17) is 15.7 Å². The number of nitrogens with zero attached hydrogens (tertiary/aromatic N) is 3. The van der Waals surface area contributed by atoms with Crippen LogP contribution in [0.5, 0.6) is 0 Å². The predicted molar refractivity (Wildman–Crippen MR) is 90.1 cm³/mol. The van der Waals surface area contributed by atoms with Crippen molar-refractivity contribution in [2.75, 3.05) is 11.6 Å². The van der Waals surface area contributed by atoms with Crippen molar-refractivity contribution in [3.05, 3.63) is 5.82 Å². The van der Waals surface area contributed by atoms with Gasteiger partial charge >= 0.3 is 12.1 Å². The van der Waals surface area contributed by atoms with E-state index in [0.29, 0.717) is 0 Å². The van der Waals surface area contributed by atoms with Crippen LogP contribution in [0.1, 0.15) is 51.3 Å². The third-order valence-corrected chi connectivity index (χ3v) is 6.52. The highest BCUT2D eigenvalue weighted by Crippen LogP contribution is 2.60. The number of hydrogen-bond acceptors (Lipinski definition) is 5. The quantitative estimate of drug-likeness (QED) is 0.606. The molecular weight excluding hydrogens is 369 g/mol. The lowest BCUT2D eigenvalue weighted by Crippen LogP contribution is -2.50. The van der Waals surface area contributed by atoms with Crippen LogP contribution in [-0.4, -0.2) is 37.9 Å². The van der Waals surface area contributed by atoms with Gasteiger partial charge in [-0.25, -0.2) is 9.47 Å². The molecular formula is C16H23F3N4O2S. The molecule has 0 unspecified atom stereocenters. The molecule has 1 aromatic rings. The highest BCUT2D eigenvalue weighted by atomic mass is 32.2. The summed E-state index contributed by atoms with van der Waals surface area (Å²) in [4.78, 5) is 8.90. The van der Waals surface area contributed by atoms with Gasteiger partial charge < -0.3 is 10.9 Å². The zero-order chi connectivity index (χ0) is 19.1. The fraction of sp³-hybridized carbons (Fsp3) is 0.812. The van der Waals surface area contributed by atoms with Crippen LogP contribution in [0.2, 0.25) is 0 Å². The Kier molecular flexibility index (Phi) is 5.15. The number of carboxylic acid groups (broad SMARTS) is 1. The summed E-state index contributed by atoms with van der Waals surface area (Å²) in [6, 6.07) is 0. The smallest absolute Gasteiger partial charge is 0.475 e. The Balaban J connectivity index is 0.000000242. The zero-order valence-corrected chi connectivity index (χ0v) is 15.3. The molecule has 4 saturated carbocycles. The molecule has 6 nitrogen and oxygen atoms in total. The van der Waals surface area contributed by atoms with Crippen LogP contribution in [0.4, 0.5) is 13.2 Å². The van der Waals surface area contributed by atoms with Gasteiger partial charge in [-0.1, -0.05) is 18.7 Å². The average Bonchev–Trinajstić information content (AvgIpc) is 2.88. The van der Waals surface area contributed by atoms with E-state index in [-0.39, 0.29) is 5.41 Å². The van der Waals surface area contributed by atoms with E-state index in [0.717, 1.165) is 34.5 Å². The van der Waals surface area contributed by atoms with Crippen LogP contribution in [0, 0.1) is 17.8 Å². The SMILES string of the molecule is CCSc1nnc(C23CC4CC(CC(C4)C2)C3)n1N.O=C(O)C(F)(F)F. The third kappa shape index (κ3) is 3.65. The molecule has 3 N–H and O–H groups in total. The molecule has 4 aliphatic carbocycles. The average molecular weight is 392 g/mol.